The summed E-state index contributed by atoms with van der Waals surface area (Å²) in [6.45, 7) is 5.06. The molecule has 1 aliphatic rings. The number of nitrogens with one attached hydrogen (secondary N) is 1. The van der Waals surface area contributed by atoms with Crippen molar-refractivity contribution in [3.8, 4) is 11.4 Å². The molecule has 2 unspecified atom stereocenters. The number of aryl methyl sites for hydroxylation is 1. The molecule has 1 aliphatic carbocycles. The number of allylic oxidation sites excluding steroid dienone is 1. The van der Waals surface area contributed by atoms with E-state index >= 15 is 0 Å². The fourth-order valence-corrected chi connectivity index (χ4v) is 4.34. The van der Waals surface area contributed by atoms with E-state index in [1.807, 2.05) is 47.1 Å². The maximum Gasteiger partial charge on any atom is 0.119 e. The normalized spacial score (nSPS) is 18.3. The Hall–Kier alpha value is -2.56. The number of hydrogen-bond acceptors (Lipinski definition) is 3. The van der Waals surface area contributed by atoms with Crippen molar-refractivity contribution in [2.24, 2.45) is 0 Å². The first-order valence-corrected chi connectivity index (χ1v) is 10.3. The topological polar surface area (TPSA) is 39.1 Å². The second kappa shape index (κ2) is 8.44. The highest BCUT2D eigenvalue weighted by Crippen LogP contribution is 2.34. The summed E-state index contributed by atoms with van der Waals surface area (Å²) in [6.07, 6.45) is 5.63. The molecule has 0 saturated heterocycles. The van der Waals surface area contributed by atoms with Gasteiger partial charge in [0.25, 0.3) is 0 Å². The number of benzene rings is 2. The van der Waals surface area contributed by atoms with Crippen molar-refractivity contribution >= 4 is 11.6 Å². The van der Waals surface area contributed by atoms with Gasteiger partial charge in [0.15, 0.2) is 0 Å². The molecule has 0 fully saturated rings. The minimum absolute atomic E-state index is 0.349. The summed E-state index contributed by atoms with van der Waals surface area (Å²) in [6, 6.07) is 16.4. The maximum atomic E-state index is 6.09. The number of ether oxygens (including phenoxy) is 1. The van der Waals surface area contributed by atoms with Crippen LogP contribution in [0.3, 0.4) is 0 Å². The predicted molar refractivity (Wildman–Crippen MR) is 118 cm³/mol. The van der Waals surface area contributed by atoms with E-state index in [1.165, 1.54) is 16.8 Å². The lowest BCUT2D eigenvalue weighted by atomic mass is 9.96. The van der Waals surface area contributed by atoms with Gasteiger partial charge in [-0.1, -0.05) is 35.9 Å². The van der Waals surface area contributed by atoms with Crippen molar-refractivity contribution in [2.45, 2.75) is 38.8 Å². The van der Waals surface area contributed by atoms with E-state index in [0.29, 0.717) is 12.0 Å². The Morgan fingerprint density at radius 1 is 1.14 bits per heavy atom. The van der Waals surface area contributed by atoms with Gasteiger partial charge >= 0.3 is 0 Å². The maximum absolute atomic E-state index is 6.09. The van der Waals surface area contributed by atoms with E-state index in [9.17, 15) is 0 Å². The molecule has 1 N–H and O–H groups in total. The molecular weight excluding hydrogens is 382 g/mol. The Balaban J connectivity index is 1.46. The van der Waals surface area contributed by atoms with E-state index in [-0.39, 0.29) is 0 Å². The molecule has 0 radical (unpaired) electrons. The van der Waals surface area contributed by atoms with Crippen LogP contribution in [0.4, 0.5) is 0 Å². The number of hydrogen-bond donors (Lipinski definition) is 1. The van der Waals surface area contributed by atoms with Crippen molar-refractivity contribution in [3.05, 3.63) is 88.2 Å². The highest BCUT2D eigenvalue weighted by Gasteiger charge is 2.26. The molecule has 150 valence electrons. The van der Waals surface area contributed by atoms with Gasteiger partial charge in [0.05, 0.1) is 18.5 Å². The summed E-state index contributed by atoms with van der Waals surface area (Å²) < 4.78 is 7.30. The highest BCUT2D eigenvalue weighted by atomic mass is 35.5. The standard InChI is InChI=1S/C24H26ClN3O/c1-16-24(17(2)28(27-16)22-9-11-23(29-3)12-10-22)19-7-8-21(14-19)26-15-18-5-4-6-20(25)13-18/h4-13,19,21,26H,14-15H2,1-3H3. The van der Waals surface area contributed by atoms with Crippen LogP contribution in [0.2, 0.25) is 5.02 Å². The van der Waals surface area contributed by atoms with Gasteiger partial charge in [-0.3, -0.25) is 0 Å². The summed E-state index contributed by atoms with van der Waals surface area (Å²) in [7, 11) is 1.68. The molecule has 0 aliphatic heterocycles. The van der Waals surface area contributed by atoms with Gasteiger partial charge in [0, 0.05) is 34.8 Å². The van der Waals surface area contributed by atoms with Gasteiger partial charge in [-0.2, -0.15) is 5.10 Å². The van der Waals surface area contributed by atoms with Crippen molar-refractivity contribution in [2.75, 3.05) is 7.11 Å². The third-order valence-corrected chi connectivity index (χ3v) is 5.81. The van der Waals surface area contributed by atoms with Crippen molar-refractivity contribution in [1.82, 2.24) is 15.1 Å². The first-order valence-electron chi connectivity index (χ1n) is 9.92. The van der Waals surface area contributed by atoms with E-state index < -0.39 is 0 Å². The van der Waals surface area contributed by atoms with E-state index in [4.69, 9.17) is 21.4 Å². The molecule has 2 aromatic carbocycles. The number of methoxy groups -OCH3 is 1. The number of nitrogens with zero attached hydrogens (tertiary/aromatic N) is 2. The molecule has 0 amide bonds. The Kier molecular flexibility index (Phi) is 5.74. The minimum Gasteiger partial charge on any atom is -0.497 e. The molecule has 4 rings (SSSR count). The van der Waals surface area contributed by atoms with Gasteiger partial charge in [0.2, 0.25) is 0 Å². The van der Waals surface area contributed by atoms with Gasteiger partial charge in [-0.15, -0.1) is 0 Å². The van der Waals surface area contributed by atoms with Crippen molar-refractivity contribution in [3.63, 3.8) is 0 Å². The number of aromatic nitrogens is 2. The highest BCUT2D eigenvalue weighted by molar-refractivity contribution is 6.30. The number of halogens is 1. The zero-order chi connectivity index (χ0) is 20.4. The van der Waals surface area contributed by atoms with Crippen molar-refractivity contribution < 1.29 is 4.74 Å². The molecule has 0 bridgehead atoms. The largest absolute Gasteiger partial charge is 0.497 e. The quantitative estimate of drug-likeness (QED) is 0.559. The zero-order valence-corrected chi connectivity index (χ0v) is 17.8. The number of rotatable bonds is 6. The fraction of sp³-hybridized carbons (Fsp3) is 0.292. The molecule has 2 atom stereocenters. The van der Waals surface area contributed by atoms with E-state index in [1.54, 1.807) is 7.11 Å². The average molecular weight is 408 g/mol. The monoisotopic (exact) mass is 407 g/mol. The summed E-state index contributed by atoms with van der Waals surface area (Å²) in [4.78, 5) is 0. The lowest BCUT2D eigenvalue weighted by Crippen LogP contribution is -2.25. The summed E-state index contributed by atoms with van der Waals surface area (Å²) in [5.74, 6) is 1.22. The Morgan fingerprint density at radius 2 is 1.93 bits per heavy atom. The zero-order valence-electron chi connectivity index (χ0n) is 17.0. The van der Waals surface area contributed by atoms with Crippen LogP contribution in [-0.4, -0.2) is 22.9 Å². The molecule has 29 heavy (non-hydrogen) atoms. The smallest absolute Gasteiger partial charge is 0.119 e. The molecule has 5 heteroatoms. The Labute approximate surface area is 177 Å². The molecule has 0 saturated carbocycles. The van der Waals surface area contributed by atoms with Crippen molar-refractivity contribution in [1.29, 1.82) is 0 Å². The van der Waals surface area contributed by atoms with Crippen LogP contribution in [0.15, 0.2) is 60.7 Å². The average Bonchev–Trinajstić information content (AvgIpc) is 3.30. The van der Waals surface area contributed by atoms with Crippen LogP contribution in [0.25, 0.3) is 5.69 Å². The van der Waals surface area contributed by atoms with Crippen LogP contribution < -0.4 is 10.1 Å². The van der Waals surface area contributed by atoms with Crippen LogP contribution in [-0.2, 0) is 6.54 Å². The van der Waals surface area contributed by atoms with E-state index in [0.717, 1.165) is 35.1 Å². The summed E-state index contributed by atoms with van der Waals surface area (Å²) in [5.41, 5.74) is 5.86. The molecule has 4 nitrogen and oxygen atoms in total. The summed E-state index contributed by atoms with van der Waals surface area (Å²) >= 11 is 6.09. The lowest BCUT2D eigenvalue weighted by molar-refractivity contribution is 0.414. The van der Waals surface area contributed by atoms with Crippen LogP contribution >= 0.6 is 11.6 Å². The second-order valence-electron chi connectivity index (χ2n) is 7.54. The second-order valence-corrected chi connectivity index (χ2v) is 7.98. The lowest BCUT2D eigenvalue weighted by Gasteiger charge is -2.15. The van der Waals surface area contributed by atoms with Crippen LogP contribution in [0, 0.1) is 13.8 Å². The molecule has 0 spiro atoms. The predicted octanol–water partition coefficient (Wildman–Crippen LogP) is 5.35. The molecule has 1 heterocycles. The summed E-state index contributed by atoms with van der Waals surface area (Å²) in [5, 5.41) is 9.22. The van der Waals surface area contributed by atoms with Crippen LogP contribution in [0.5, 0.6) is 5.75 Å². The van der Waals surface area contributed by atoms with Gasteiger partial charge in [-0.25, -0.2) is 4.68 Å². The first-order chi connectivity index (χ1) is 14.0. The Bertz CT molecular complexity index is 1020. The van der Waals surface area contributed by atoms with Crippen LogP contribution in [0.1, 0.15) is 34.9 Å². The third-order valence-electron chi connectivity index (χ3n) is 5.58. The molecule has 3 aromatic rings. The molecule has 1 aromatic heterocycles. The van der Waals surface area contributed by atoms with Gasteiger partial charge in [-0.05, 0) is 62.2 Å². The first kappa shape index (κ1) is 19.7. The minimum atomic E-state index is 0.349. The van der Waals surface area contributed by atoms with Gasteiger partial charge < -0.3 is 10.1 Å². The molecular formula is C24H26ClN3O. The third kappa shape index (κ3) is 4.24. The Morgan fingerprint density at radius 3 is 2.66 bits per heavy atom. The van der Waals surface area contributed by atoms with E-state index in [2.05, 4.69) is 37.4 Å². The van der Waals surface area contributed by atoms with Gasteiger partial charge in [0.1, 0.15) is 5.75 Å². The SMILES string of the molecule is COc1ccc(-n2nc(C)c(C3C=CC(NCc4cccc(Cl)c4)C3)c2C)cc1. The fourth-order valence-electron chi connectivity index (χ4n) is 4.13.